The van der Waals surface area contributed by atoms with Gasteiger partial charge in [-0.15, -0.1) is 11.3 Å². The van der Waals surface area contributed by atoms with Gasteiger partial charge in [-0.1, -0.05) is 26.0 Å². The molecule has 0 radical (unpaired) electrons. The smallest absolute Gasteiger partial charge is 0.226 e. The molecule has 0 spiro atoms. The predicted octanol–water partition coefficient (Wildman–Crippen LogP) is 3.20. The monoisotopic (exact) mass is 431 g/mol. The molecular weight excluding hydrogens is 398 g/mol. The average molecular weight is 432 g/mol. The molecule has 1 heterocycles. The van der Waals surface area contributed by atoms with Crippen molar-refractivity contribution >= 4 is 28.7 Å². The topological polar surface area (TPSA) is 71.5 Å². The van der Waals surface area contributed by atoms with Crippen LogP contribution in [0.15, 0.2) is 23.6 Å². The lowest BCUT2D eigenvalue weighted by molar-refractivity contribution is -0.120. The SMILES string of the molecule is COCCNC(=O)Cc1csc(CC(=O)Cc2ccc(C)cc2N(C)CC(C)C)n1. The summed E-state index contributed by atoms with van der Waals surface area (Å²) in [5.74, 6) is 0.579. The Balaban J connectivity index is 1.96. The fourth-order valence-electron chi connectivity index (χ4n) is 3.30. The number of aromatic nitrogens is 1. The summed E-state index contributed by atoms with van der Waals surface area (Å²) >= 11 is 1.43. The Morgan fingerprint density at radius 3 is 2.70 bits per heavy atom. The van der Waals surface area contributed by atoms with Crippen LogP contribution in [0.5, 0.6) is 0 Å². The Morgan fingerprint density at radius 2 is 2.00 bits per heavy atom. The molecule has 0 unspecified atom stereocenters. The number of hydrogen-bond donors (Lipinski definition) is 1. The van der Waals surface area contributed by atoms with E-state index in [9.17, 15) is 9.59 Å². The third kappa shape index (κ3) is 7.88. The average Bonchev–Trinajstić information content (AvgIpc) is 3.09. The highest BCUT2D eigenvalue weighted by molar-refractivity contribution is 7.09. The van der Waals surface area contributed by atoms with Crippen LogP contribution in [0.3, 0.4) is 0 Å². The minimum Gasteiger partial charge on any atom is -0.383 e. The lowest BCUT2D eigenvalue weighted by Gasteiger charge is -2.24. The number of aryl methyl sites for hydroxylation is 1. The molecule has 6 nitrogen and oxygen atoms in total. The summed E-state index contributed by atoms with van der Waals surface area (Å²) < 4.78 is 4.92. The molecule has 0 aliphatic rings. The van der Waals surface area contributed by atoms with Crippen LogP contribution in [0.1, 0.15) is 35.7 Å². The Kier molecular flexibility index (Phi) is 9.46. The molecule has 0 atom stereocenters. The van der Waals surface area contributed by atoms with Gasteiger partial charge in [0.1, 0.15) is 10.8 Å². The van der Waals surface area contributed by atoms with E-state index in [0.29, 0.717) is 31.2 Å². The molecule has 1 N–H and O–H groups in total. The molecule has 1 amide bonds. The molecule has 30 heavy (non-hydrogen) atoms. The molecule has 0 aliphatic heterocycles. The first kappa shape index (κ1) is 24.0. The number of nitrogens with zero attached hydrogens (tertiary/aromatic N) is 2. The molecular formula is C23H33N3O3S. The molecule has 1 aromatic carbocycles. The number of thiazole rings is 1. The highest BCUT2D eigenvalue weighted by Crippen LogP contribution is 2.24. The molecule has 7 heteroatoms. The number of hydrogen-bond acceptors (Lipinski definition) is 6. The maximum Gasteiger partial charge on any atom is 0.226 e. The molecule has 2 rings (SSSR count). The number of ketones is 1. The Morgan fingerprint density at radius 1 is 1.23 bits per heavy atom. The Labute approximate surface area is 183 Å². The van der Waals surface area contributed by atoms with Gasteiger partial charge in [-0.2, -0.15) is 0 Å². The van der Waals surface area contributed by atoms with Crippen LogP contribution >= 0.6 is 11.3 Å². The standard InChI is InChI=1S/C23H33N3O3S/c1-16(2)14-26(4)21-10-17(3)6-7-18(21)11-20(27)13-23-25-19(15-30-23)12-22(28)24-8-9-29-5/h6-7,10,15-16H,8-9,11-14H2,1-5H3,(H,24,28). The number of carbonyl (C=O) groups is 2. The van der Waals surface area contributed by atoms with Gasteiger partial charge in [-0.3, -0.25) is 9.59 Å². The molecule has 1 aromatic heterocycles. The van der Waals surface area contributed by atoms with Crippen LogP contribution in [0.4, 0.5) is 5.69 Å². The summed E-state index contributed by atoms with van der Waals surface area (Å²) in [4.78, 5) is 31.3. The van der Waals surface area contributed by atoms with Crippen LogP contribution < -0.4 is 10.2 Å². The van der Waals surface area contributed by atoms with Crippen LogP contribution in [0, 0.1) is 12.8 Å². The first-order valence-electron chi connectivity index (χ1n) is 10.3. The number of methoxy groups -OCH3 is 1. The summed E-state index contributed by atoms with van der Waals surface area (Å²) in [5, 5.41) is 5.39. The lowest BCUT2D eigenvalue weighted by Crippen LogP contribution is -2.28. The quantitative estimate of drug-likeness (QED) is 0.523. The van der Waals surface area contributed by atoms with Crippen molar-refractivity contribution in [3.05, 3.63) is 45.4 Å². The van der Waals surface area contributed by atoms with Gasteiger partial charge < -0.3 is 15.0 Å². The van der Waals surface area contributed by atoms with Gasteiger partial charge in [-0.25, -0.2) is 4.98 Å². The van der Waals surface area contributed by atoms with E-state index in [1.807, 2.05) is 5.38 Å². The van der Waals surface area contributed by atoms with Crippen molar-refractivity contribution in [3.63, 3.8) is 0 Å². The number of benzene rings is 1. The minimum atomic E-state index is -0.0901. The first-order valence-corrected chi connectivity index (χ1v) is 11.2. The zero-order chi connectivity index (χ0) is 22.1. The number of rotatable bonds is 12. The van der Waals surface area contributed by atoms with Gasteiger partial charge in [0.2, 0.25) is 5.91 Å². The van der Waals surface area contributed by atoms with Crippen molar-refractivity contribution in [1.29, 1.82) is 0 Å². The second kappa shape index (κ2) is 11.8. The number of amides is 1. The zero-order valence-electron chi connectivity index (χ0n) is 18.7. The largest absolute Gasteiger partial charge is 0.383 e. The number of ether oxygens (including phenoxy) is 1. The summed E-state index contributed by atoms with van der Waals surface area (Å²) in [6.07, 6.45) is 0.887. The number of carbonyl (C=O) groups excluding carboxylic acids is 2. The number of Topliss-reactive ketones (excluding diaryl/α,β-unsaturated/α-hetero) is 1. The summed E-state index contributed by atoms with van der Waals surface area (Å²) in [6, 6.07) is 6.25. The third-order valence-corrected chi connectivity index (χ3v) is 5.49. The highest BCUT2D eigenvalue weighted by atomic mass is 32.1. The Bertz CT molecular complexity index is 848. The Hall–Kier alpha value is -2.25. The van der Waals surface area contributed by atoms with E-state index in [2.05, 4.69) is 61.2 Å². The fraction of sp³-hybridized carbons (Fsp3) is 0.522. The van der Waals surface area contributed by atoms with Crippen LogP contribution in [-0.4, -0.2) is 50.5 Å². The van der Waals surface area contributed by atoms with Crippen LogP contribution in [-0.2, 0) is 33.6 Å². The summed E-state index contributed by atoms with van der Waals surface area (Å²) in [7, 11) is 3.67. The minimum absolute atomic E-state index is 0.0901. The molecule has 164 valence electrons. The number of anilines is 1. The van der Waals surface area contributed by atoms with E-state index in [4.69, 9.17) is 4.74 Å². The van der Waals surface area contributed by atoms with Gasteiger partial charge in [0.15, 0.2) is 0 Å². The fourth-order valence-corrected chi connectivity index (χ4v) is 4.12. The second-order valence-electron chi connectivity index (χ2n) is 8.05. The van der Waals surface area contributed by atoms with Crippen LogP contribution in [0.2, 0.25) is 0 Å². The maximum atomic E-state index is 12.7. The summed E-state index contributed by atoms with van der Waals surface area (Å²) in [5.41, 5.74) is 4.04. The third-order valence-electron chi connectivity index (χ3n) is 4.60. The zero-order valence-corrected chi connectivity index (χ0v) is 19.5. The molecule has 0 aliphatic carbocycles. The second-order valence-corrected chi connectivity index (χ2v) is 8.99. The van der Waals surface area contributed by atoms with Crippen LogP contribution in [0.25, 0.3) is 0 Å². The van der Waals surface area contributed by atoms with Gasteiger partial charge in [0.25, 0.3) is 0 Å². The van der Waals surface area contributed by atoms with E-state index in [0.717, 1.165) is 22.8 Å². The maximum absolute atomic E-state index is 12.7. The molecule has 0 saturated carbocycles. The molecule has 0 saturated heterocycles. The van der Waals surface area contributed by atoms with Gasteiger partial charge in [-0.05, 0) is 30.0 Å². The van der Waals surface area contributed by atoms with Crippen molar-refractivity contribution in [3.8, 4) is 0 Å². The van der Waals surface area contributed by atoms with Gasteiger partial charge in [0, 0.05) is 44.7 Å². The normalized spacial score (nSPS) is 11.0. The lowest BCUT2D eigenvalue weighted by atomic mass is 10.0. The first-order chi connectivity index (χ1) is 14.3. The van der Waals surface area contributed by atoms with E-state index >= 15 is 0 Å². The van der Waals surface area contributed by atoms with Crippen molar-refractivity contribution in [2.75, 3.05) is 38.8 Å². The summed E-state index contributed by atoms with van der Waals surface area (Å²) in [6.45, 7) is 8.35. The molecule has 0 fully saturated rings. The van der Waals surface area contributed by atoms with Gasteiger partial charge in [0.05, 0.1) is 25.1 Å². The van der Waals surface area contributed by atoms with E-state index < -0.39 is 0 Å². The predicted molar refractivity (Wildman–Crippen MR) is 122 cm³/mol. The van der Waals surface area contributed by atoms with Crippen molar-refractivity contribution in [2.45, 2.75) is 40.0 Å². The molecule has 2 aromatic rings. The molecule has 0 bridgehead atoms. The van der Waals surface area contributed by atoms with Gasteiger partial charge >= 0.3 is 0 Å². The van der Waals surface area contributed by atoms with E-state index in [-0.39, 0.29) is 24.5 Å². The number of nitrogens with one attached hydrogen (secondary N) is 1. The van der Waals surface area contributed by atoms with Crippen molar-refractivity contribution in [1.82, 2.24) is 10.3 Å². The van der Waals surface area contributed by atoms with Crippen molar-refractivity contribution in [2.24, 2.45) is 5.92 Å². The van der Waals surface area contributed by atoms with Crippen molar-refractivity contribution < 1.29 is 14.3 Å². The van der Waals surface area contributed by atoms with E-state index in [1.54, 1.807) is 7.11 Å². The van der Waals surface area contributed by atoms with E-state index in [1.165, 1.54) is 16.9 Å². The highest BCUT2D eigenvalue weighted by Gasteiger charge is 2.15.